The number of hydrogen-bond donors (Lipinski definition) is 0. The molecule has 1 aliphatic heterocycles. The zero-order valence-corrected chi connectivity index (χ0v) is 19.3. The van der Waals surface area contributed by atoms with Gasteiger partial charge in [-0.25, -0.2) is 21.1 Å². The molecule has 0 bridgehead atoms. The molecule has 0 radical (unpaired) electrons. The fraction of sp³-hybridized carbons (Fsp3) is 0.556. The molecule has 1 saturated heterocycles. The number of aryl methyl sites for hydroxylation is 2. The van der Waals surface area contributed by atoms with Gasteiger partial charge in [0.2, 0.25) is 15.1 Å². The number of piperidine rings is 1. The molecule has 1 aliphatic rings. The molecule has 13 heteroatoms. The molecule has 3 rings (SSSR count). The maximum absolute atomic E-state index is 12.9. The molecule has 0 aromatic carbocycles. The Morgan fingerprint density at radius 2 is 1.84 bits per heavy atom. The number of carbonyl (C=O) groups is 1. The Balaban J connectivity index is 1.56. The minimum absolute atomic E-state index is 0.0647. The van der Waals surface area contributed by atoms with Gasteiger partial charge in [-0.3, -0.25) is 4.79 Å². The van der Waals surface area contributed by atoms with Crippen LogP contribution in [0.4, 0.5) is 0 Å². The first-order valence-electron chi connectivity index (χ1n) is 9.55. The van der Waals surface area contributed by atoms with Gasteiger partial charge in [-0.15, -0.1) is 0 Å². The van der Waals surface area contributed by atoms with Gasteiger partial charge in [0.05, 0.1) is 5.92 Å². The average molecular weight is 476 g/mol. The molecule has 0 atom stereocenters. The molecule has 2 aromatic heterocycles. The van der Waals surface area contributed by atoms with E-state index in [2.05, 4.69) is 5.16 Å². The highest BCUT2D eigenvalue weighted by Crippen LogP contribution is 2.28. The third kappa shape index (κ3) is 4.68. The van der Waals surface area contributed by atoms with Crippen molar-refractivity contribution in [1.29, 1.82) is 0 Å². The summed E-state index contributed by atoms with van der Waals surface area (Å²) in [6, 6.07) is 2.74. The Labute approximate surface area is 181 Å². The zero-order valence-electron chi connectivity index (χ0n) is 17.7. The summed E-state index contributed by atoms with van der Waals surface area (Å²) < 4.78 is 67.6. The monoisotopic (exact) mass is 475 g/mol. The van der Waals surface area contributed by atoms with Crippen molar-refractivity contribution in [3.05, 3.63) is 29.3 Å². The van der Waals surface area contributed by atoms with Crippen molar-refractivity contribution < 1.29 is 35.3 Å². The van der Waals surface area contributed by atoms with Crippen molar-refractivity contribution in [3.63, 3.8) is 0 Å². The lowest BCUT2D eigenvalue weighted by atomic mass is 9.98. The average Bonchev–Trinajstić information content (AvgIpc) is 3.33. The van der Waals surface area contributed by atoms with Crippen LogP contribution in [0.5, 0.6) is 0 Å². The Bertz CT molecular complexity index is 1140. The lowest BCUT2D eigenvalue weighted by Gasteiger charge is -2.29. The molecular weight excluding hydrogens is 450 g/mol. The van der Waals surface area contributed by atoms with E-state index in [1.807, 2.05) is 0 Å². The van der Waals surface area contributed by atoms with Crippen molar-refractivity contribution in [1.82, 2.24) is 13.8 Å². The molecular formula is C18H25N3O8S2. The second-order valence-corrected chi connectivity index (χ2v) is 11.4. The van der Waals surface area contributed by atoms with Gasteiger partial charge in [0.15, 0.2) is 5.76 Å². The van der Waals surface area contributed by atoms with E-state index in [-0.39, 0.29) is 41.2 Å². The Hall–Kier alpha value is -2.22. The van der Waals surface area contributed by atoms with Gasteiger partial charge < -0.3 is 13.7 Å². The highest BCUT2D eigenvalue weighted by molar-refractivity contribution is 7.89. The normalized spacial score (nSPS) is 16.7. The van der Waals surface area contributed by atoms with Crippen molar-refractivity contribution >= 4 is 26.0 Å². The van der Waals surface area contributed by atoms with E-state index in [4.69, 9.17) is 13.7 Å². The molecule has 0 N–H and O–H groups in total. The molecule has 0 amide bonds. The van der Waals surface area contributed by atoms with Crippen LogP contribution in [0.3, 0.4) is 0 Å². The predicted molar refractivity (Wildman–Crippen MR) is 107 cm³/mol. The molecule has 31 heavy (non-hydrogen) atoms. The van der Waals surface area contributed by atoms with Crippen LogP contribution in [-0.2, 0) is 36.2 Å². The molecule has 0 spiro atoms. The topological polar surface area (TPSA) is 140 Å². The Morgan fingerprint density at radius 1 is 1.19 bits per heavy atom. The highest BCUT2D eigenvalue weighted by atomic mass is 32.2. The van der Waals surface area contributed by atoms with Crippen LogP contribution in [0.2, 0.25) is 0 Å². The molecule has 0 unspecified atom stereocenters. The van der Waals surface area contributed by atoms with E-state index in [1.54, 1.807) is 13.8 Å². The summed E-state index contributed by atoms with van der Waals surface area (Å²) in [4.78, 5) is 12.5. The smallest absolute Gasteiger partial charge is 0.309 e. The lowest BCUT2D eigenvalue weighted by Crippen LogP contribution is -2.40. The van der Waals surface area contributed by atoms with E-state index >= 15 is 0 Å². The van der Waals surface area contributed by atoms with E-state index in [0.29, 0.717) is 18.5 Å². The number of carbonyl (C=O) groups excluding carboxylic acids is 1. The summed E-state index contributed by atoms with van der Waals surface area (Å²) in [5, 5.41) is 3.46. The summed E-state index contributed by atoms with van der Waals surface area (Å²) in [7, 11) is -4.69. The number of furan rings is 1. The number of nitrogens with zero attached hydrogens (tertiary/aromatic N) is 3. The molecule has 0 saturated carbocycles. The predicted octanol–water partition coefficient (Wildman–Crippen LogP) is 1.28. The van der Waals surface area contributed by atoms with Gasteiger partial charge in [-0.2, -0.15) is 4.31 Å². The van der Waals surface area contributed by atoms with Crippen LogP contribution < -0.4 is 0 Å². The summed E-state index contributed by atoms with van der Waals surface area (Å²) >= 11 is 0. The summed E-state index contributed by atoms with van der Waals surface area (Å²) in [5.41, 5.74) is 0.299. The third-order valence-electron chi connectivity index (χ3n) is 5.08. The molecule has 172 valence electrons. The number of rotatable bonds is 7. The molecule has 2 aromatic rings. The van der Waals surface area contributed by atoms with Crippen LogP contribution in [0.25, 0.3) is 0 Å². The van der Waals surface area contributed by atoms with E-state index in [9.17, 15) is 21.6 Å². The van der Waals surface area contributed by atoms with Crippen LogP contribution >= 0.6 is 0 Å². The van der Waals surface area contributed by atoms with Gasteiger partial charge >= 0.3 is 5.97 Å². The second kappa shape index (κ2) is 8.73. The van der Waals surface area contributed by atoms with E-state index < -0.39 is 31.9 Å². The third-order valence-corrected chi connectivity index (χ3v) is 8.91. The first-order chi connectivity index (χ1) is 14.4. The van der Waals surface area contributed by atoms with Gasteiger partial charge in [0.25, 0.3) is 10.0 Å². The second-order valence-electron chi connectivity index (χ2n) is 7.45. The van der Waals surface area contributed by atoms with Gasteiger partial charge in [-0.05, 0) is 38.8 Å². The quantitative estimate of drug-likeness (QED) is 0.541. The van der Waals surface area contributed by atoms with Crippen molar-refractivity contribution in [2.45, 2.75) is 43.3 Å². The van der Waals surface area contributed by atoms with Gasteiger partial charge in [0, 0.05) is 27.2 Å². The summed E-state index contributed by atoms with van der Waals surface area (Å²) in [6.45, 7) is 3.23. The highest BCUT2D eigenvalue weighted by Gasteiger charge is 2.36. The fourth-order valence-electron chi connectivity index (χ4n) is 3.32. The number of sulfonamides is 2. The molecule has 11 nitrogen and oxygen atoms in total. The number of ether oxygens (including phenoxy) is 1. The van der Waals surface area contributed by atoms with Gasteiger partial charge in [0.1, 0.15) is 23.0 Å². The maximum Gasteiger partial charge on any atom is 0.309 e. The van der Waals surface area contributed by atoms with E-state index in [0.717, 1.165) is 4.31 Å². The standard InChI is InChI=1S/C18H25N3O8S2/c1-12-17(13(2)29-19-12)31(25,26)21-9-7-14(8-10-21)18(22)27-11-15-5-6-16(28-15)30(23,24)20(3)4/h5-6,14H,7-11H2,1-4H3. The molecule has 0 aliphatic carbocycles. The zero-order chi connectivity index (χ0) is 23.0. The van der Waals surface area contributed by atoms with Crippen LogP contribution in [0.1, 0.15) is 30.1 Å². The van der Waals surface area contributed by atoms with Crippen molar-refractivity contribution in [2.24, 2.45) is 5.92 Å². The Morgan fingerprint density at radius 3 is 2.39 bits per heavy atom. The lowest BCUT2D eigenvalue weighted by molar-refractivity contribution is -0.151. The SMILES string of the molecule is Cc1noc(C)c1S(=O)(=O)N1CCC(C(=O)OCc2ccc(S(=O)(=O)N(C)C)o2)CC1. The van der Waals surface area contributed by atoms with Crippen LogP contribution in [0, 0.1) is 19.8 Å². The number of esters is 1. The largest absolute Gasteiger partial charge is 0.457 e. The summed E-state index contributed by atoms with van der Waals surface area (Å²) in [5.74, 6) is -0.515. The van der Waals surface area contributed by atoms with Gasteiger partial charge in [-0.1, -0.05) is 5.16 Å². The van der Waals surface area contributed by atoms with Crippen molar-refractivity contribution in [2.75, 3.05) is 27.2 Å². The fourth-order valence-corrected chi connectivity index (χ4v) is 5.89. The van der Waals surface area contributed by atoms with Crippen LogP contribution in [-0.4, -0.2) is 63.8 Å². The maximum atomic E-state index is 12.9. The van der Waals surface area contributed by atoms with Crippen molar-refractivity contribution in [3.8, 4) is 0 Å². The first-order valence-corrected chi connectivity index (χ1v) is 12.4. The number of hydrogen-bond acceptors (Lipinski definition) is 9. The van der Waals surface area contributed by atoms with E-state index in [1.165, 1.54) is 30.5 Å². The first kappa shape index (κ1) is 23.4. The number of aromatic nitrogens is 1. The Kier molecular flexibility index (Phi) is 6.60. The summed E-state index contributed by atoms with van der Waals surface area (Å²) in [6.07, 6.45) is 0.611. The minimum Gasteiger partial charge on any atom is -0.457 e. The van der Waals surface area contributed by atoms with Crippen LogP contribution in [0.15, 0.2) is 31.1 Å². The molecule has 3 heterocycles. The molecule has 1 fully saturated rings. The minimum atomic E-state index is -3.75.